The molecule has 0 unspecified atom stereocenters. The van der Waals surface area contributed by atoms with Gasteiger partial charge in [-0.15, -0.1) is 0 Å². The third kappa shape index (κ3) is 7.27. The number of fused-ring (bicyclic) bond motifs is 1. The summed E-state index contributed by atoms with van der Waals surface area (Å²) < 4.78 is 36.1. The van der Waals surface area contributed by atoms with Crippen molar-refractivity contribution >= 4 is 29.2 Å². The largest absolute Gasteiger partial charge is 0.461 e. The summed E-state index contributed by atoms with van der Waals surface area (Å²) in [5, 5.41) is 17.7. The number of nitrogens with one attached hydrogen (secondary N) is 1. The van der Waals surface area contributed by atoms with Crippen LogP contribution in [0.1, 0.15) is 59.3 Å². The minimum absolute atomic E-state index is 0.166. The SMILES string of the molecule is CC(C)C(=O)O[C@H]1[C@H](c2ccc3c(N)ncnn23)O[C@](C#N)(COCN[C@@H](C)C(=O)OC2CCOCC2)[C@H]1OC(=O)C(C)C. The number of carbonyl (C=O) groups is 3. The fourth-order valence-corrected chi connectivity index (χ4v) is 4.79. The summed E-state index contributed by atoms with van der Waals surface area (Å²) in [7, 11) is 0. The number of ether oxygens (including phenoxy) is 6. The first kappa shape index (κ1) is 33.1. The van der Waals surface area contributed by atoms with E-state index in [-0.39, 0.29) is 18.7 Å². The molecule has 44 heavy (non-hydrogen) atoms. The van der Waals surface area contributed by atoms with Gasteiger partial charge in [0.15, 0.2) is 18.0 Å². The van der Waals surface area contributed by atoms with Crippen LogP contribution in [-0.4, -0.2) is 89.0 Å². The second-order valence-corrected chi connectivity index (χ2v) is 11.5. The number of nitriles is 1. The zero-order valence-electron chi connectivity index (χ0n) is 25.6. The molecule has 2 fully saturated rings. The van der Waals surface area contributed by atoms with E-state index in [4.69, 9.17) is 34.2 Å². The molecule has 0 bridgehead atoms. The Morgan fingerprint density at radius 3 is 2.43 bits per heavy atom. The standard InChI is InChI=1S/C29H40N6O9/c1-16(2)26(36)42-23-22(20-6-7-21-25(31)32-14-34-35(20)21)44-29(12-30,24(23)43-27(37)17(3)4)13-40-15-33-18(5)28(38)41-19-8-10-39-11-9-19/h6-7,14,16-19,22-24,33H,8-11,13,15H2,1-5H3,(H2,31,32,34)/t18-,22-,23-,24-,29+/m0/s1. The van der Waals surface area contributed by atoms with Crippen LogP contribution in [0.25, 0.3) is 5.52 Å². The van der Waals surface area contributed by atoms with Gasteiger partial charge < -0.3 is 34.2 Å². The highest BCUT2D eigenvalue weighted by Crippen LogP contribution is 2.44. The molecule has 2 aromatic heterocycles. The second kappa shape index (κ2) is 14.3. The van der Waals surface area contributed by atoms with Crippen molar-refractivity contribution in [1.29, 1.82) is 5.26 Å². The molecular formula is C29H40N6O9. The Hall–Kier alpha value is -3.84. The van der Waals surface area contributed by atoms with Gasteiger partial charge in [-0.3, -0.25) is 19.7 Å². The molecule has 0 saturated carbocycles. The number of carbonyl (C=O) groups excluding carboxylic acids is 3. The smallest absolute Gasteiger partial charge is 0.323 e. The summed E-state index contributed by atoms with van der Waals surface area (Å²) in [5.74, 6) is -2.54. The maximum Gasteiger partial charge on any atom is 0.323 e. The van der Waals surface area contributed by atoms with Crippen LogP contribution in [0.5, 0.6) is 0 Å². The van der Waals surface area contributed by atoms with E-state index in [9.17, 15) is 19.6 Å². The van der Waals surface area contributed by atoms with E-state index in [0.29, 0.717) is 37.3 Å². The molecule has 2 aromatic rings. The van der Waals surface area contributed by atoms with Crippen LogP contribution in [0.2, 0.25) is 0 Å². The summed E-state index contributed by atoms with van der Waals surface area (Å²) in [6, 6.07) is 4.72. The lowest BCUT2D eigenvalue weighted by Gasteiger charge is -2.29. The Kier molecular flexibility index (Phi) is 10.7. The predicted molar refractivity (Wildman–Crippen MR) is 152 cm³/mol. The molecule has 2 saturated heterocycles. The monoisotopic (exact) mass is 616 g/mol. The van der Waals surface area contributed by atoms with Gasteiger partial charge in [0.1, 0.15) is 36.2 Å². The summed E-state index contributed by atoms with van der Waals surface area (Å²) >= 11 is 0. The number of esters is 3. The highest BCUT2D eigenvalue weighted by atomic mass is 16.7. The predicted octanol–water partition coefficient (Wildman–Crippen LogP) is 1.46. The Labute approximate surface area is 255 Å². The average Bonchev–Trinajstić information content (AvgIpc) is 3.56. The molecule has 15 heteroatoms. The Bertz CT molecular complexity index is 1370. The second-order valence-electron chi connectivity index (χ2n) is 11.5. The van der Waals surface area contributed by atoms with Crippen molar-refractivity contribution in [2.45, 2.75) is 83.5 Å². The van der Waals surface area contributed by atoms with E-state index < -0.39 is 66.3 Å². The molecule has 2 aliphatic heterocycles. The van der Waals surface area contributed by atoms with Crippen molar-refractivity contribution in [2.75, 3.05) is 32.3 Å². The van der Waals surface area contributed by atoms with E-state index in [1.165, 1.54) is 10.8 Å². The average molecular weight is 617 g/mol. The maximum absolute atomic E-state index is 12.9. The van der Waals surface area contributed by atoms with Crippen molar-refractivity contribution < 1.29 is 42.8 Å². The van der Waals surface area contributed by atoms with Crippen molar-refractivity contribution in [3.63, 3.8) is 0 Å². The van der Waals surface area contributed by atoms with E-state index in [0.717, 1.165) is 0 Å². The molecule has 0 spiro atoms. The molecule has 0 aliphatic carbocycles. The summed E-state index contributed by atoms with van der Waals surface area (Å²) in [5.41, 5.74) is 4.97. The van der Waals surface area contributed by atoms with Gasteiger partial charge in [0, 0.05) is 12.8 Å². The molecule has 2 aliphatic rings. The minimum atomic E-state index is -1.91. The molecule has 15 nitrogen and oxygen atoms in total. The van der Waals surface area contributed by atoms with Gasteiger partial charge in [-0.25, -0.2) is 9.50 Å². The van der Waals surface area contributed by atoms with Crippen molar-refractivity contribution in [2.24, 2.45) is 11.8 Å². The Morgan fingerprint density at radius 1 is 1.09 bits per heavy atom. The van der Waals surface area contributed by atoms with Gasteiger partial charge >= 0.3 is 17.9 Å². The van der Waals surface area contributed by atoms with E-state index in [1.54, 1.807) is 46.8 Å². The Balaban J connectivity index is 1.58. The topological polar surface area (TPSA) is 199 Å². The van der Waals surface area contributed by atoms with Crippen LogP contribution in [0.3, 0.4) is 0 Å². The van der Waals surface area contributed by atoms with Crippen LogP contribution >= 0.6 is 0 Å². The molecule has 4 heterocycles. The molecule has 240 valence electrons. The molecule has 3 N–H and O–H groups in total. The number of hydrogen-bond donors (Lipinski definition) is 2. The molecule has 0 amide bonds. The summed E-state index contributed by atoms with van der Waals surface area (Å²) in [6.07, 6.45) is -1.42. The third-order valence-electron chi connectivity index (χ3n) is 7.44. The lowest BCUT2D eigenvalue weighted by molar-refractivity contribution is -0.175. The molecule has 0 aromatic carbocycles. The van der Waals surface area contributed by atoms with Crippen LogP contribution in [-0.2, 0) is 42.8 Å². The quantitative estimate of drug-likeness (QED) is 0.150. The zero-order valence-corrected chi connectivity index (χ0v) is 25.6. The van der Waals surface area contributed by atoms with Gasteiger partial charge in [-0.1, -0.05) is 27.7 Å². The highest BCUT2D eigenvalue weighted by molar-refractivity contribution is 5.75. The molecule has 4 rings (SSSR count). The van der Waals surface area contributed by atoms with E-state index >= 15 is 0 Å². The zero-order chi connectivity index (χ0) is 32.0. The molecule has 0 radical (unpaired) electrons. The van der Waals surface area contributed by atoms with Crippen LogP contribution in [0.4, 0.5) is 5.82 Å². The van der Waals surface area contributed by atoms with E-state index in [1.807, 2.05) is 0 Å². The first-order valence-corrected chi connectivity index (χ1v) is 14.6. The number of rotatable bonds is 12. The fraction of sp³-hybridized carbons (Fsp3) is 0.655. The van der Waals surface area contributed by atoms with Gasteiger partial charge in [0.05, 0.1) is 44.1 Å². The number of nitrogen functional groups attached to an aromatic ring is 1. The minimum Gasteiger partial charge on any atom is -0.461 e. The lowest BCUT2D eigenvalue weighted by atomic mass is 9.95. The van der Waals surface area contributed by atoms with Crippen molar-refractivity contribution in [1.82, 2.24) is 19.9 Å². The van der Waals surface area contributed by atoms with Gasteiger partial charge in [-0.05, 0) is 19.1 Å². The van der Waals surface area contributed by atoms with Gasteiger partial charge in [-0.2, -0.15) is 10.4 Å². The highest BCUT2D eigenvalue weighted by Gasteiger charge is 2.61. The Morgan fingerprint density at radius 2 is 1.77 bits per heavy atom. The molecular weight excluding hydrogens is 576 g/mol. The molecule has 5 atom stereocenters. The first-order chi connectivity index (χ1) is 21.0. The number of nitrogens with two attached hydrogens (primary N) is 1. The number of anilines is 1. The van der Waals surface area contributed by atoms with Crippen LogP contribution in [0.15, 0.2) is 18.5 Å². The summed E-state index contributed by atoms with van der Waals surface area (Å²) in [4.78, 5) is 42.3. The maximum atomic E-state index is 12.9. The summed E-state index contributed by atoms with van der Waals surface area (Å²) in [6.45, 7) is 8.73. The van der Waals surface area contributed by atoms with E-state index in [2.05, 4.69) is 21.5 Å². The van der Waals surface area contributed by atoms with Crippen LogP contribution < -0.4 is 11.1 Å². The lowest BCUT2D eigenvalue weighted by Crippen LogP contribution is -2.50. The number of nitrogens with zero attached hydrogens (tertiary/aromatic N) is 4. The fourth-order valence-electron chi connectivity index (χ4n) is 4.79. The third-order valence-corrected chi connectivity index (χ3v) is 7.44. The van der Waals surface area contributed by atoms with Crippen molar-refractivity contribution in [3.05, 3.63) is 24.2 Å². The van der Waals surface area contributed by atoms with Gasteiger partial charge in [0.2, 0.25) is 5.60 Å². The van der Waals surface area contributed by atoms with Gasteiger partial charge in [0.25, 0.3) is 0 Å². The van der Waals surface area contributed by atoms with Crippen LogP contribution in [0, 0.1) is 23.2 Å². The normalized spacial score (nSPS) is 24.7. The number of aromatic nitrogens is 3. The van der Waals surface area contributed by atoms with Crippen molar-refractivity contribution in [3.8, 4) is 6.07 Å². The first-order valence-electron chi connectivity index (χ1n) is 14.6. The number of hydrogen-bond acceptors (Lipinski definition) is 14.